The Hall–Kier alpha value is -3.30. The van der Waals surface area contributed by atoms with Crippen molar-refractivity contribution in [2.24, 2.45) is 0 Å². The van der Waals surface area contributed by atoms with Crippen LogP contribution in [0.5, 0.6) is 0 Å². The molecule has 1 fully saturated rings. The molecule has 8 nitrogen and oxygen atoms in total. The molecule has 0 spiro atoms. The minimum Gasteiger partial charge on any atom is -0.351 e. The Bertz CT molecular complexity index is 1490. The van der Waals surface area contributed by atoms with Crippen molar-refractivity contribution in [2.45, 2.75) is 70.8 Å². The molecule has 0 aliphatic heterocycles. The fraction of sp³-hybridized carbons (Fsp3) is 0.393. The fourth-order valence-corrected chi connectivity index (χ4v) is 5.52. The van der Waals surface area contributed by atoms with Crippen LogP contribution in [0.4, 0.5) is 4.39 Å². The van der Waals surface area contributed by atoms with Crippen molar-refractivity contribution in [1.82, 2.24) is 35.5 Å². The van der Waals surface area contributed by atoms with Crippen LogP contribution < -0.4 is 5.32 Å². The second-order valence-corrected chi connectivity index (χ2v) is 11.8. The molecule has 1 aliphatic rings. The van der Waals surface area contributed by atoms with Crippen LogP contribution in [0.1, 0.15) is 70.2 Å². The predicted octanol–water partition coefficient (Wildman–Crippen LogP) is 6.67. The summed E-state index contributed by atoms with van der Waals surface area (Å²) in [5.41, 5.74) is 2.83. The van der Waals surface area contributed by atoms with Crippen molar-refractivity contribution in [2.75, 3.05) is 0 Å². The molecule has 0 bridgehead atoms. The molecule has 2 aromatic carbocycles. The van der Waals surface area contributed by atoms with Gasteiger partial charge in [-0.15, -0.1) is 10.2 Å². The molecule has 1 saturated carbocycles. The van der Waals surface area contributed by atoms with Gasteiger partial charge < -0.3 is 5.32 Å². The summed E-state index contributed by atoms with van der Waals surface area (Å²) in [6.07, 6.45) is 5.41. The maximum atomic E-state index is 14.2. The molecule has 4 aromatic rings. The van der Waals surface area contributed by atoms with E-state index in [1.807, 2.05) is 37.5 Å². The second kappa shape index (κ2) is 11.1. The van der Waals surface area contributed by atoms with Crippen LogP contribution in [0.25, 0.3) is 28.5 Å². The standard InChI is InChI=1S/C28H30Cl2FN7O/c1-28(2,3)33-23(39)14-17-9-11-19(29)15-22(17)38-25(18-10-12-21(31)20(30)13-18)24(26-34-36-37-35-26)32-27(38)16-7-5-4-6-8-16/h9-13,15-16H,4-8,14H2,1-3H3,(H,33,39)(H,34,35,36,37). The van der Waals surface area contributed by atoms with Gasteiger partial charge in [-0.05, 0) is 74.7 Å². The highest BCUT2D eigenvalue weighted by atomic mass is 35.5. The van der Waals surface area contributed by atoms with E-state index in [2.05, 4.69) is 25.9 Å². The Morgan fingerprint density at radius 3 is 2.56 bits per heavy atom. The average molecular weight is 571 g/mol. The maximum absolute atomic E-state index is 14.2. The average Bonchev–Trinajstić information content (AvgIpc) is 3.54. The summed E-state index contributed by atoms with van der Waals surface area (Å²) in [5.74, 6) is 0.627. The molecule has 204 valence electrons. The number of aromatic amines is 1. The number of benzene rings is 2. The first kappa shape index (κ1) is 27.3. The third-order valence-electron chi connectivity index (χ3n) is 6.78. The normalized spacial score (nSPS) is 14.5. The highest BCUT2D eigenvalue weighted by Crippen LogP contribution is 2.42. The van der Waals surface area contributed by atoms with Crippen molar-refractivity contribution < 1.29 is 9.18 Å². The van der Waals surface area contributed by atoms with Crippen LogP contribution >= 0.6 is 23.2 Å². The topological polar surface area (TPSA) is 101 Å². The molecule has 0 unspecified atom stereocenters. The molecule has 2 aromatic heterocycles. The number of imidazole rings is 1. The number of hydrogen-bond acceptors (Lipinski definition) is 5. The Kier molecular flexibility index (Phi) is 7.73. The zero-order valence-corrected chi connectivity index (χ0v) is 23.6. The SMILES string of the molecule is CC(C)(C)NC(=O)Cc1ccc(Cl)cc1-n1c(C2CCCCC2)nc(-c2nn[nH]n2)c1-c1ccc(F)c(Cl)c1. The quantitative estimate of drug-likeness (QED) is 0.270. The highest BCUT2D eigenvalue weighted by molar-refractivity contribution is 6.31. The van der Waals surface area contributed by atoms with Crippen molar-refractivity contribution in [3.8, 4) is 28.5 Å². The van der Waals surface area contributed by atoms with Gasteiger partial charge >= 0.3 is 0 Å². The summed E-state index contributed by atoms with van der Waals surface area (Å²) in [6, 6.07) is 10.0. The van der Waals surface area contributed by atoms with Gasteiger partial charge in [-0.2, -0.15) is 5.21 Å². The summed E-state index contributed by atoms with van der Waals surface area (Å²) in [5, 5.41) is 18.2. The van der Waals surface area contributed by atoms with E-state index in [1.54, 1.807) is 18.2 Å². The zero-order valence-electron chi connectivity index (χ0n) is 22.1. The summed E-state index contributed by atoms with van der Waals surface area (Å²) < 4.78 is 16.3. The molecule has 1 amide bonds. The lowest BCUT2D eigenvalue weighted by molar-refractivity contribution is -0.121. The van der Waals surface area contributed by atoms with E-state index in [0.717, 1.165) is 37.1 Å². The molecule has 39 heavy (non-hydrogen) atoms. The first-order chi connectivity index (χ1) is 18.6. The van der Waals surface area contributed by atoms with E-state index in [9.17, 15) is 9.18 Å². The third-order valence-corrected chi connectivity index (χ3v) is 7.30. The lowest BCUT2D eigenvalue weighted by Crippen LogP contribution is -2.41. The molecule has 1 aliphatic carbocycles. The number of tetrazole rings is 1. The van der Waals surface area contributed by atoms with Crippen LogP contribution in [0.2, 0.25) is 10.0 Å². The number of halogens is 3. The number of amides is 1. The number of rotatable bonds is 6. The molecule has 0 radical (unpaired) electrons. The van der Waals surface area contributed by atoms with E-state index in [1.165, 1.54) is 12.5 Å². The lowest BCUT2D eigenvalue weighted by atomic mass is 9.88. The van der Waals surface area contributed by atoms with Gasteiger partial charge in [0.05, 0.1) is 22.8 Å². The van der Waals surface area contributed by atoms with Crippen molar-refractivity contribution in [1.29, 1.82) is 0 Å². The molecule has 0 saturated heterocycles. The fourth-order valence-electron chi connectivity index (χ4n) is 5.17. The maximum Gasteiger partial charge on any atom is 0.225 e. The number of nitrogens with one attached hydrogen (secondary N) is 2. The Balaban J connectivity index is 1.78. The summed E-state index contributed by atoms with van der Waals surface area (Å²) in [7, 11) is 0. The molecular formula is C28H30Cl2FN7O. The smallest absolute Gasteiger partial charge is 0.225 e. The zero-order chi connectivity index (χ0) is 27.7. The molecule has 11 heteroatoms. The predicted molar refractivity (Wildman–Crippen MR) is 150 cm³/mol. The number of carbonyl (C=O) groups excluding carboxylic acids is 1. The van der Waals surface area contributed by atoms with E-state index < -0.39 is 5.82 Å². The highest BCUT2D eigenvalue weighted by Gasteiger charge is 2.30. The minimum absolute atomic E-state index is 0.0191. The number of H-pyrrole nitrogens is 1. The van der Waals surface area contributed by atoms with Crippen molar-refractivity contribution >= 4 is 29.1 Å². The largest absolute Gasteiger partial charge is 0.351 e. The monoisotopic (exact) mass is 569 g/mol. The molecule has 2 N–H and O–H groups in total. The van der Waals surface area contributed by atoms with Crippen molar-refractivity contribution in [3.63, 3.8) is 0 Å². The molecular weight excluding hydrogens is 540 g/mol. The summed E-state index contributed by atoms with van der Waals surface area (Å²) in [6.45, 7) is 5.83. The Labute approximate surface area is 236 Å². The van der Waals surface area contributed by atoms with Gasteiger partial charge in [0.15, 0.2) is 0 Å². The second-order valence-electron chi connectivity index (χ2n) is 10.9. The molecule has 2 heterocycles. The van der Waals surface area contributed by atoms with Crippen LogP contribution in [0.15, 0.2) is 36.4 Å². The van der Waals surface area contributed by atoms with Crippen LogP contribution in [0.3, 0.4) is 0 Å². The Morgan fingerprint density at radius 1 is 1.13 bits per heavy atom. The van der Waals surface area contributed by atoms with Gasteiger partial charge in [0.2, 0.25) is 11.7 Å². The van der Waals surface area contributed by atoms with E-state index in [0.29, 0.717) is 33.5 Å². The molecule has 5 rings (SSSR count). The Morgan fingerprint density at radius 2 is 1.90 bits per heavy atom. The van der Waals surface area contributed by atoms with Gasteiger partial charge in [-0.1, -0.05) is 48.5 Å². The van der Waals surface area contributed by atoms with Crippen LogP contribution in [-0.4, -0.2) is 41.6 Å². The van der Waals surface area contributed by atoms with Crippen LogP contribution in [-0.2, 0) is 11.2 Å². The van der Waals surface area contributed by atoms with Gasteiger partial charge in [-0.25, -0.2) is 9.37 Å². The molecule has 0 atom stereocenters. The third kappa shape index (κ3) is 5.99. The summed E-state index contributed by atoms with van der Waals surface area (Å²) >= 11 is 12.8. The van der Waals surface area contributed by atoms with E-state index >= 15 is 0 Å². The van der Waals surface area contributed by atoms with Gasteiger partial charge in [-0.3, -0.25) is 9.36 Å². The van der Waals surface area contributed by atoms with Crippen LogP contribution in [0, 0.1) is 5.82 Å². The number of carbonyl (C=O) groups is 1. The van der Waals surface area contributed by atoms with E-state index in [4.69, 9.17) is 28.2 Å². The minimum atomic E-state index is -0.526. The van der Waals surface area contributed by atoms with Gasteiger partial charge in [0, 0.05) is 22.0 Å². The number of hydrogen-bond donors (Lipinski definition) is 2. The van der Waals surface area contributed by atoms with Gasteiger partial charge in [0.25, 0.3) is 0 Å². The van der Waals surface area contributed by atoms with Gasteiger partial charge in [0.1, 0.15) is 17.3 Å². The van der Waals surface area contributed by atoms with Crippen molar-refractivity contribution in [3.05, 3.63) is 63.6 Å². The first-order valence-electron chi connectivity index (χ1n) is 13.0. The number of nitrogens with zero attached hydrogens (tertiary/aromatic N) is 5. The lowest BCUT2D eigenvalue weighted by Gasteiger charge is -2.25. The van der Waals surface area contributed by atoms with E-state index in [-0.39, 0.29) is 28.8 Å². The number of aromatic nitrogens is 6. The summed E-state index contributed by atoms with van der Waals surface area (Å²) in [4.78, 5) is 18.1. The first-order valence-corrected chi connectivity index (χ1v) is 13.8.